The molecule has 0 radical (unpaired) electrons. The van der Waals surface area contributed by atoms with Gasteiger partial charge >= 0.3 is 0 Å². The first-order valence-electron chi connectivity index (χ1n) is 5.86. The maximum absolute atomic E-state index is 13.8. The topological polar surface area (TPSA) is 21.9 Å². The van der Waals surface area contributed by atoms with Gasteiger partial charge in [0.1, 0.15) is 5.82 Å². The molecule has 1 aliphatic heterocycles. The Morgan fingerprint density at radius 2 is 2.06 bits per heavy atom. The Labute approximate surface area is 100.0 Å². The molecule has 3 heteroatoms. The van der Waals surface area contributed by atoms with Gasteiger partial charge in [0.25, 0.3) is 0 Å². The van der Waals surface area contributed by atoms with Crippen molar-refractivity contribution in [2.45, 2.75) is 44.2 Å². The lowest BCUT2D eigenvalue weighted by molar-refractivity contribution is 0.587. The van der Waals surface area contributed by atoms with E-state index in [1.54, 1.807) is 6.07 Å². The van der Waals surface area contributed by atoms with E-state index in [-0.39, 0.29) is 17.4 Å². The summed E-state index contributed by atoms with van der Waals surface area (Å²) >= 11 is 6.22. The second kappa shape index (κ2) is 3.44. The summed E-state index contributed by atoms with van der Waals surface area (Å²) in [6.45, 7) is 1.93. The Bertz CT molecular complexity index is 438. The maximum atomic E-state index is 13.8. The molecular weight excluding hydrogens is 225 g/mol. The van der Waals surface area contributed by atoms with Crippen LogP contribution in [-0.2, 0) is 0 Å². The molecule has 86 valence electrons. The standard InChI is InChI=1S/C13H15ClFN/c1-8-4-5-9(15)10(11(8)14)12-13(16-12)6-2-3-7-13/h4-5,12,16H,2-3,6-7H2,1H3. The van der Waals surface area contributed by atoms with Crippen LogP contribution in [0, 0.1) is 12.7 Å². The quantitative estimate of drug-likeness (QED) is 0.741. The summed E-state index contributed by atoms with van der Waals surface area (Å²) in [7, 11) is 0. The van der Waals surface area contributed by atoms with Gasteiger partial charge < -0.3 is 5.32 Å². The van der Waals surface area contributed by atoms with Gasteiger partial charge in [-0.15, -0.1) is 0 Å². The molecule has 1 saturated heterocycles. The fourth-order valence-electron chi connectivity index (χ4n) is 2.98. The Kier molecular flexibility index (Phi) is 2.27. The molecule has 1 aliphatic carbocycles. The van der Waals surface area contributed by atoms with E-state index in [9.17, 15) is 4.39 Å². The minimum atomic E-state index is -0.170. The molecule has 1 atom stereocenters. The van der Waals surface area contributed by atoms with Gasteiger partial charge in [-0.1, -0.05) is 30.5 Å². The number of aryl methyl sites for hydroxylation is 1. The lowest BCUT2D eigenvalue weighted by atomic mass is 9.96. The third-order valence-electron chi connectivity index (χ3n) is 4.01. The second-order valence-corrected chi connectivity index (χ2v) is 5.41. The van der Waals surface area contributed by atoms with E-state index in [1.807, 2.05) is 6.92 Å². The van der Waals surface area contributed by atoms with Crippen LogP contribution in [0.1, 0.15) is 42.9 Å². The number of rotatable bonds is 1. The van der Waals surface area contributed by atoms with E-state index in [4.69, 9.17) is 11.6 Å². The van der Waals surface area contributed by atoms with E-state index in [0.29, 0.717) is 10.6 Å². The second-order valence-electron chi connectivity index (χ2n) is 5.03. The molecule has 1 N–H and O–H groups in total. The van der Waals surface area contributed by atoms with Crippen molar-refractivity contribution in [2.75, 3.05) is 0 Å². The van der Waals surface area contributed by atoms with Gasteiger partial charge in [0.2, 0.25) is 0 Å². The van der Waals surface area contributed by atoms with Crippen molar-refractivity contribution in [1.29, 1.82) is 0 Å². The van der Waals surface area contributed by atoms with Crippen LogP contribution in [0.5, 0.6) is 0 Å². The van der Waals surface area contributed by atoms with Crippen LogP contribution >= 0.6 is 11.6 Å². The van der Waals surface area contributed by atoms with Crippen LogP contribution in [0.3, 0.4) is 0 Å². The van der Waals surface area contributed by atoms with Crippen molar-refractivity contribution in [3.8, 4) is 0 Å². The van der Waals surface area contributed by atoms with Crippen molar-refractivity contribution in [1.82, 2.24) is 5.32 Å². The molecule has 0 bridgehead atoms. The summed E-state index contributed by atoms with van der Waals surface area (Å²) in [5.41, 5.74) is 1.81. The Hall–Kier alpha value is -0.600. The number of benzene rings is 1. The van der Waals surface area contributed by atoms with E-state index in [2.05, 4.69) is 5.32 Å². The van der Waals surface area contributed by atoms with Gasteiger partial charge in [0.05, 0.1) is 11.1 Å². The van der Waals surface area contributed by atoms with Crippen molar-refractivity contribution >= 4 is 11.6 Å². The van der Waals surface area contributed by atoms with E-state index < -0.39 is 0 Å². The normalized spacial score (nSPS) is 26.3. The molecule has 1 nitrogen and oxygen atoms in total. The van der Waals surface area contributed by atoms with Gasteiger partial charge in [0, 0.05) is 11.1 Å². The Balaban J connectivity index is 1.99. The minimum absolute atomic E-state index is 0.141. The maximum Gasteiger partial charge on any atom is 0.129 e. The minimum Gasteiger partial charge on any atom is -0.301 e. The molecule has 0 aromatic heterocycles. The highest BCUT2D eigenvalue weighted by Crippen LogP contribution is 2.53. The average molecular weight is 240 g/mol. The molecule has 16 heavy (non-hydrogen) atoms. The molecule has 2 aliphatic rings. The molecular formula is C13H15ClFN. The lowest BCUT2D eigenvalue weighted by Gasteiger charge is -2.09. The number of hydrogen-bond donors (Lipinski definition) is 1. The van der Waals surface area contributed by atoms with Crippen LogP contribution in [0.4, 0.5) is 4.39 Å². The van der Waals surface area contributed by atoms with Crippen molar-refractivity contribution < 1.29 is 4.39 Å². The highest BCUT2D eigenvalue weighted by molar-refractivity contribution is 6.32. The van der Waals surface area contributed by atoms with Crippen molar-refractivity contribution in [3.63, 3.8) is 0 Å². The summed E-state index contributed by atoms with van der Waals surface area (Å²) in [4.78, 5) is 0. The SMILES string of the molecule is Cc1ccc(F)c(C2NC23CCCC3)c1Cl. The zero-order chi connectivity index (χ0) is 11.3. The highest BCUT2D eigenvalue weighted by atomic mass is 35.5. The molecule has 1 spiro atoms. The molecule has 0 amide bonds. The molecule has 1 aromatic carbocycles. The van der Waals surface area contributed by atoms with Gasteiger partial charge in [-0.05, 0) is 31.4 Å². The third kappa shape index (κ3) is 1.40. The van der Waals surface area contributed by atoms with Gasteiger partial charge in [-0.3, -0.25) is 0 Å². The summed E-state index contributed by atoms with van der Waals surface area (Å²) in [5, 5.41) is 4.04. The molecule has 2 fully saturated rings. The smallest absolute Gasteiger partial charge is 0.129 e. The number of nitrogens with one attached hydrogen (secondary N) is 1. The first-order chi connectivity index (χ1) is 7.64. The number of halogens is 2. The van der Waals surface area contributed by atoms with Gasteiger partial charge in [-0.25, -0.2) is 4.39 Å². The van der Waals surface area contributed by atoms with Crippen LogP contribution < -0.4 is 5.32 Å². The predicted molar refractivity (Wildman–Crippen MR) is 63.2 cm³/mol. The largest absolute Gasteiger partial charge is 0.301 e. The van der Waals surface area contributed by atoms with Crippen LogP contribution in [0.15, 0.2) is 12.1 Å². The lowest BCUT2D eigenvalue weighted by Crippen LogP contribution is -2.08. The molecule has 1 unspecified atom stereocenters. The zero-order valence-corrected chi connectivity index (χ0v) is 10.1. The Morgan fingerprint density at radius 3 is 2.75 bits per heavy atom. The predicted octanol–water partition coefficient (Wildman–Crippen LogP) is 3.74. The monoisotopic (exact) mass is 239 g/mol. The summed E-state index contributed by atoms with van der Waals surface area (Å²) < 4.78 is 13.8. The molecule has 1 heterocycles. The molecule has 3 rings (SSSR count). The van der Waals surface area contributed by atoms with Crippen LogP contribution in [0.25, 0.3) is 0 Å². The van der Waals surface area contributed by atoms with Crippen LogP contribution in [0.2, 0.25) is 5.02 Å². The Morgan fingerprint density at radius 1 is 1.38 bits per heavy atom. The van der Waals surface area contributed by atoms with Crippen LogP contribution in [-0.4, -0.2) is 5.54 Å². The fraction of sp³-hybridized carbons (Fsp3) is 0.538. The summed E-state index contributed by atoms with van der Waals surface area (Å²) in [6, 6.07) is 3.41. The molecule has 1 aromatic rings. The van der Waals surface area contributed by atoms with Crippen molar-refractivity contribution in [2.24, 2.45) is 0 Å². The van der Waals surface area contributed by atoms with E-state index in [0.717, 1.165) is 18.4 Å². The van der Waals surface area contributed by atoms with E-state index >= 15 is 0 Å². The summed E-state index contributed by atoms with van der Waals surface area (Å²) in [5.74, 6) is -0.170. The van der Waals surface area contributed by atoms with Gasteiger partial charge in [0.15, 0.2) is 0 Å². The number of hydrogen-bond acceptors (Lipinski definition) is 1. The zero-order valence-electron chi connectivity index (χ0n) is 9.32. The highest BCUT2D eigenvalue weighted by Gasteiger charge is 2.56. The van der Waals surface area contributed by atoms with Gasteiger partial charge in [-0.2, -0.15) is 0 Å². The first-order valence-corrected chi connectivity index (χ1v) is 6.24. The fourth-order valence-corrected chi connectivity index (χ4v) is 3.24. The molecule has 1 saturated carbocycles. The third-order valence-corrected chi connectivity index (χ3v) is 4.51. The summed E-state index contributed by atoms with van der Waals surface area (Å²) in [6.07, 6.45) is 4.80. The van der Waals surface area contributed by atoms with E-state index in [1.165, 1.54) is 18.9 Å². The van der Waals surface area contributed by atoms with Crippen molar-refractivity contribution in [3.05, 3.63) is 34.1 Å². The first kappa shape index (κ1) is 10.5. The average Bonchev–Trinajstić information content (AvgIpc) is 2.72.